The number of carboxylic acid groups (broad SMARTS) is 1. The van der Waals surface area contributed by atoms with Crippen LogP contribution in [0, 0.1) is 20.8 Å². The summed E-state index contributed by atoms with van der Waals surface area (Å²) in [4.78, 5) is 23.6. The van der Waals surface area contributed by atoms with Crippen molar-refractivity contribution in [1.82, 2.24) is 5.32 Å². The lowest BCUT2D eigenvalue weighted by Crippen LogP contribution is -2.55. The van der Waals surface area contributed by atoms with E-state index in [4.69, 9.17) is 0 Å². The first-order chi connectivity index (χ1) is 9.75. The Labute approximate surface area is 125 Å². The quantitative estimate of drug-likeness (QED) is 0.778. The largest absolute Gasteiger partial charge is 0.480 e. The summed E-state index contributed by atoms with van der Waals surface area (Å²) in [6.07, 6.45) is 0.663. The van der Waals surface area contributed by atoms with E-state index in [1.54, 1.807) is 13.8 Å². The Hall–Kier alpha value is -2.04. The van der Waals surface area contributed by atoms with Gasteiger partial charge >= 0.3 is 12.0 Å². The molecule has 0 heterocycles. The van der Waals surface area contributed by atoms with Crippen molar-refractivity contribution in [3.05, 3.63) is 28.8 Å². The highest BCUT2D eigenvalue weighted by molar-refractivity contribution is 5.95. The zero-order valence-corrected chi connectivity index (χ0v) is 13.3. The smallest absolute Gasteiger partial charge is 0.329 e. The van der Waals surface area contributed by atoms with E-state index < -0.39 is 17.5 Å². The number of urea groups is 1. The van der Waals surface area contributed by atoms with E-state index in [1.165, 1.54) is 0 Å². The molecular weight excluding hydrogens is 268 g/mol. The number of hydrogen-bond donors (Lipinski definition) is 3. The van der Waals surface area contributed by atoms with Gasteiger partial charge in [-0.05, 0) is 44.7 Å². The minimum absolute atomic E-state index is 0.331. The Balaban J connectivity index is 2.95. The van der Waals surface area contributed by atoms with Gasteiger partial charge in [0.2, 0.25) is 0 Å². The molecule has 0 aromatic heterocycles. The zero-order valence-electron chi connectivity index (χ0n) is 13.3. The van der Waals surface area contributed by atoms with E-state index >= 15 is 0 Å². The van der Waals surface area contributed by atoms with Gasteiger partial charge in [-0.2, -0.15) is 0 Å². The van der Waals surface area contributed by atoms with Gasteiger partial charge in [-0.3, -0.25) is 0 Å². The highest BCUT2D eigenvalue weighted by Crippen LogP contribution is 2.22. The van der Waals surface area contributed by atoms with E-state index in [9.17, 15) is 14.7 Å². The van der Waals surface area contributed by atoms with Crippen molar-refractivity contribution in [1.29, 1.82) is 0 Å². The van der Waals surface area contributed by atoms with Gasteiger partial charge in [0.25, 0.3) is 0 Å². The highest BCUT2D eigenvalue weighted by Gasteiger charge is 2.36. The molecule has 2 amide bonds. The van der Waals surface area contributed by atoms with E-state index in [0.29, 0.717) is 12.8 Å². The third-order valence-corrected chi connectivity index (χ3v) is 3.88. The number of carboxylic acids is 1. The maximum absolute atomic E-state index is 12.2. The van der Waals surface area contributed by atoms with Gasteiger partial charge in [0.05, 0.1) is 0 Å². The van der Waals surface area contributed by atoms with Crippen molar-refractivity contribution in [2.45, 2.75) is 53.0 Å². The average Bonchev–Trinajstić information content (AvgIpc) is 2.40. The molecule has 0 aliphatic heterocycles. The van der Waals surface area contributed by atoms with Crippen molar-refractivity contribution < 1.29 is 14.7 Å². The number of aryl methyl sites for hydroxylation is 3. The van der Waals surface area contributed by atoms with E-state index in [0.717, 1.165) is 22.4 Å². The molecule has 5 nitrogen and oxygen atoms in total. The van der Waals surface area contributed by atoms with E-state index in [1.807, 2.05) is 32.9 Å². The minimum Gasteiger partial charge on any atom is -0.480 e. The molecular formula is C16H24N2O3. The van der Waals surface area contributed by atoms with Crippen LogP contribution >= 0.6 is 0 Å². The molecule has 116 valence electrons. The summed E-state index contributed by atoms with van der Waals surface area (Å²) in [5.74, 6) is -1.01. The Bertz CT molecular complexity index is 525. The third-order valence-electron chi connectivity index (χ3n) is 3.88. The Morgan fingerprint density at radius 1 is 1.10 bits per heavy atom. The Morgan fingerprint density at radius 2 is 1.57 bits per heavy atom. The molecule has 0 aliphatic carbocycles. The molecule has 0 aliphatic rings. The molecule has 21 heavy (non-hydrogen) atoms. The van der Waals surface area contributed by atoms with Gasteiger partial charge in [0.1, 0.15) is 5.54 Å². The molecule has 1 rings (SSSR count). The van der Waals surface area contributed by atoms with Crippen molar-refractivity contribution in [3.8, 4) is 0 Å². The number of benzene rings is 1. The Morgan fingerprint density at radius 3 is 1.95 bits per heavy atom. The monoisotopic (exact) mass is 292 g/mol. The predicted octanol–water partition coefficient (Wildman–Crippen LogP) is 3.38. The standard InChI is InChI=1S/C16H24N2O3/c1-6-16(7-2,14(19)20)18-15(21)17-13-11(4)8-10(3)9-12(13)5/h8-9H,6-7H2,1-5H3,(H,19,20)(H2,17,18,21). The normalized spacial score (nSPS) is 11.1. The van der Waals surface area contributed by atoms with Crippen LogP contribution < -0.4 is 10.6 Å². The number of aliphatic carboxylic acids is 1. The summed E-state index contributed by atoms with van der Waals surface area (Å²) in [6, 6.07) is 3.47. The second kappa shape index (κ2) is 6.61. The number of anilines is 1. The SMILES string of the molecule is CCC(CC)(NC(=O)Nc1c(C)cc(C)cc1C)C(=O)O. The molecule has 0 fully saturated rings. The van der Waals surface area contributed by atoms with Crippen molar-refractivity contribution >= 4 is 17.7 Å². The first kappa shape index (κ1) is 17.0. The van der Waals surface area contributed by atoms with Crippen LogP contribution in [-0.4, -0.2) is 22.6 Å². The number of hydrogen-bond acceptors (Lipinski definition) is 2. The van der Waals surface area contributed by atoms with Crippen LogP contribution in [0.4, 0.5) is 10.5 Å². The molecule has 0 saturated carbocycles. The number of carbonyl (C=O) groups is 2. The predicted molar refractivity (Wildman–Crippen MR) is 83.8 cm³/mol. The lowest BCUT2D eigenvalue weighted by Gasteiger charge is -2.28. The van der Waals surface area contributed by atoms with Crippen LogP contribution in [0.25, 0.3) is 0 Å². The van der Waals surface area contributed by atoms with Crippen molar-refractivity contribution in [3.63, 3.8) is 0 Å². The van der Waals surface area contributed by atoms with E-state index in [-0.39, 0.29) is 0 Å². The molecule has 5 heteroatoms. The topological polar surface area (TPSA) is 78.4 Å². The maximum Gasteiger partial charge on any atom is 0.329 e. The van der Waals surface area contributed by atoms with Gasteiger partial charge in [-0.25, -0.2) is 9.59 Å². The van der Waals surface area contributed by atoms with Crippen LogP contribution in [0.15, 0.2) is 12.1 Å². The van der Waals surface area contributed by atoms with Crippen LogP contribution in [0.1, 0.15) is 43.4 Å². The highest BCUT2D eigenvalue weighted by atomic mass is 16.4. The first-order valence-corrected chi connectivity index (χ1v) is 7.16. The second-order valence-electron chi connectivity index (χ2n) is 5.45. The maximum atomic E-state index is 12.2. The fourth-order valence-corrected chi connectivity index (χ4v) is 2.52. The molecule has 0 spiro atoms. The zero-order chi connectivity index (χ0) is 16.2. The molecule has 3 N–H and O–H groups in total. The third kappa shape index (κ3) is 3.74. The lowest BCUT2D eigenvalue weighted by molar-refractivity contribution is -0.144. The fourth-order valence-electron chi connectivity index (χ4n) is 2.52. The van der Waals surface area contributed by atoms with Crippen molar-refractivity contribution in [2.24, 2.45) is 0 Å². The summed E-state index contributed by atoms with van der Waals surface area (Å²) in [7, 11) is 0. The van der Waals surface area contributed by atoms with Crippen molar-refractivity contribution in [2.75, 3.05) is 5.32 Å². The van der Waals surface area contributed by atoms with Gasteiger partial charge in [0, 0.05) is 5.69 Å². The van der Waals surface area contributed by atoms with E-state index in [2.05, 4.69) is 10.6 Å². The summed E-state index contributed by atoms with van der Waals surface area (Å²) in [5.41, 5.74) is 2.53. The lowest BCUT2D eigenvalue weighted by atomic mass is 9.93. The molecule has 0 unspecified atom stereocenters. The summed E-state index contributed by atoms with van der Waals surface area (Å²) < 4.78 is 0. The fraction of sp³-hybridized carbons (Fsp3) is 0.500. The number of carbonyl (C=O) groups excluding carboxylic acids is 1. The second-order valence-corrected chi connectivity index (χ2v) is 5.45. The minimum atomic E-state index is -1.23. The molecule has 1 aromatic rings. The van der Waals surface area contributed by atoms with Gasteiger partial charge in [0.15, 0.2) is 0 Å². The van der Waals surface area contributed by atoms with Crippen LogP contribution in [0.2, 0.25) is 0 Å². The summed E-state index contributed by atoms with van der Waals surface area (Å²) >= 11 is 0. The average molecular weight is 292 g/mol. The van der Waals surface area contributed by atoms with Gasteiger partial charge < -0.3 is 15.7 Å². The summed E-state index contributed by atoms with van der Waals surface area (Å²) in [5, 5.41) is 14.7. The number of amides is 2. The number of nitrogens with one attached hydrogen (secondary N) is 2. The Kier molecular flexibility index (Phi) is 5.35. The molecule has 0 atom stereocenters. The molecule has 0 bridgehead atoms. The number of rotatable bonds is 5. The van der Waals surface area contributed by atoms with Gasteiger partial charge in [-0.1, -0.05) is 31.5 Å². The van der Waals surface area contributed by atoms with Crippen LogP contribution in [0.3, 0.4) is 0 Å². The van der Waals surface area contributed by atoms with Crippen LogP contribution in [0.5, 0.6) is 0 Å². The first-order valence-electron chi connectivity index (χ1n) is 7.16. The molecule has 0 radical (unpaired) electrons. The molecule has 1 aromatic carbocycles. The summed E-state index contributed by atoms with van der Waals surface area (Å²) in [6.45, 7) is 9.33. The van der Waals surface area contributed by atoms with Gasteiger partial charge in [-0.15, -0.1) is 0 Å². The van der Waals surface area contributed by atoms with Crippen LogP contribution in [-0.2, 0) is 4.79 Å². The molecule has 0 saturated heterocycles.